The zero-order chi connectivity index (χ0) is 15.2. The molecule has 112 valence electrons. The lowest BCUT2D eigenvalue weighted by Gasteiger charge is -2.13. The summed E-state index contributed by atoms with van der Waals surface area (Å²) in [5.74, 6) is 2.43. The standard InChI is InChI=1S/C15H19N3O3/c1-4-21-15-11(16)6-8-14(18-15)17-12-9-10(19-2)5-7-13(12)20-3/h5-9H,4,16H2,1-3H3,(H,17,18). The van der Waals surface area contributed by atoms with E-state index in [1.807, 2.05) is 25.1 Å². The number of nitrogens with two attached hydrogens (primary N) is 1. The molecule has 0 saturated heterocycles. The number of nitrogens with zero attached hydrogens (tertiary/aromatic N) is 1. The fraction of sp³-hybridized carbons (Fsp3) is 0.267. The summed E-state index contributed by atoms with van der Waals surface area (Å²) in [4.78, 5) is 4.33. The molecule has 0 aliphatic heterocycles. The van der Waals surface area contributed by atoms with Gasteiger partial charge in [-0.2, -0.15) is 4.98 Å². The Morgan fingerprint density at radius 3 is 2.62 bits per heavy atom. The summed E-state index contributed by atoms with van der Waals surface area (Å²) in [5.41, 5.74) is 7.06. The maximum Gasteiger partial charge on any atom is 0.239 e. The van der Waals surface area contributed by atoms with Crippen LogP contribution in [0, 0.1) is 0 Å². The molecule has 3 N–H and O–H groups in total. The third kappa shape index (κ3) is 3.47. The minimum absolute atomic E-state index is 0.407. The van der Waals surface area contributed by atoms with E-state index >= 15 is 0 Å². The van der Waals surface area contributed by atoms with E-state index in [4.69, 9.17) is 19.9 Å². The predicted molar refractivity (Wildman–Crippen MR) is 82.6 cm³/mol. The largest absolute Gasteiger partial charge is 0.497 e. The molecule has 0 radical (unpaired) electrons. The monoisotopic (exact) mass is 289 g/mol. The molecule has 1 heterocycles. The summed E-state index contributed by atoms with van der Waals surface area (Å²) < 4.78 is 15.9. The molecule has 0 bridgehead atoms. The number of aromatic nitrogens is 1. The van der Waals surface area contributed by atoms with Crippen LogP contribution in [-0.4, -0.2) is 25.8 Å². The molecule has 0 aliphatic rings. The smallest absolute Gasteiger partial charge is 0.239 e. The summed E-state index contributed by atoms with van der Waals surface area (Å²) >= 11 is 0. The molecule has 2 aromatic rings. The Labute approximate surface area is 123 Å². The lowest BCUT2D eigenvalue weighted by molar-refractivity contribution is 0.329. The molecule has 0 unspecified atom stereocenters. The zero-order valence-electron chi connectivity index (χ0n) is 12.3. The average Bonchev–Trinajstić information content (AvgIpc) is 2.50. The second kappa shape index (κ2) is 6.69. The Morgan fingerprint density at radius 2 is 1.95 bits per heavy atom. The van der Waals surface area contributed by atoms with E-state index < -0.39 is 0 Å². The van der Waals surface area contributed by atoms with Gasteiger partial charge < -0.3 is 25.3 Å². The fourth-order valence-electron chi connectivity index (χ4n) is 1.82. The van der Waals surface area contributed by atoms with Gasteiger partial charge in [0.15, 0.2) is 0 Å². The van der Waals surface area contributed by atoms with E-state index in [9.17, 15) is 0 Å². The van der Waals surface area contributed by atoms with Crippen molar-refractivity contribution >= 4 is 17.2 Å². The molecular weight excluding hydrogens is 270 g/mol. The summed E-state index contributed by atoms with van der Waals surface area (Å²) in [5, 5.41) is 3.17. The number of nitrogen functional groups attached to an aromatic ring is 1. The van der Waals surface area contributed by atoms with Crippen LogP contribution < -0.4 is 25.3 Å². The summed E-state index contributed by atoms with van der Waals surface area (Å²) in [6, 6.07) is 8.99. The highest BCUT2D eigenvalue weighted by Gasteiger charge is 2.08. The number of hydrogen-bond acceptors (Lipinski definition) is 6. The highest BCUT2D eigenvalue weighted by molar-refractivity contribution is 5.67. The molecule has 0 atom stereocenters. The highest BCUT2D eigenvalue weighted by Crippen LogP contribution is 2.32. The number of benzene rings is 1. The highest BCUT2D eigenvalue weighted by atomic mass is 16.5. The number of ether oxygens (including phenoxy) is 3. The van der Waals surface area contributed by atoms with Gasteiger partial charge >= 0.3 is 0 Å². The van der Waals surface area contributed by atoms with Gasteiger partial charge in [-0.15, -0.1) is 0 Å². The minimum atomic E-state index is 0.407. The van der Waals surface area contributed by atoms with Gasteiger partial charge in [-0.05, 0) is 31.2 Å². The van der Waals surface area contributed by atoms with Crippen molar-refractivity contribution in [2.24, 2.45) is 0 Å². The molecule has 0 fully saturated rings. The van der Waals surface area contributed by atoms with Crippen molar-refractivity contribution in [1.29, 1.82) is 0 Å². The second-order valence-electron chi connectivity index (χ2n) is 4.22. The van der Waals surface area contributed by atoms with Gasteiger partial charge in [0.2, 0.25) is 5.88 Å². The van der Waals surface area contributed by atoms with Gasteiger partial charge in [0.25, 0.3) is 0 Å². The van der Waals surface area contributed by atoms with Crippen molar-refractivity contribution in [2.45, 2.75) is 6.92 Å². The maximum absolute atomic E-state index is 5.81. The van der Waals surface area contributed by atoms with E-state index in [1.54, 1.807) is 26.4 Å². The van der Waals surface area contributed by atoms with Crippen LogP contribution in [0.1, 0.15) is 6.92 Å². The SMILES string of the molecule is CCOc1nc(Nc2cc(OC)ccc2OC)ccc1N. The topological polar surface area (TPSA) is 78.6 Å². The molecule has 21 heavy (non-hydrogen) atoms. The third-order valence-electron chi connectivity index (χ3n) is 2.84. The van der Waals surface area contributed by atoms with Crippen LogP contribution in [0.2, 0.25) is 0 Å². The van der Waals surface area contributed by atoms with Gasteiger partial charge in [0.05, 0.1) is 32.2 Å². The van der Waals surface area contributed by atoms with Crippen LogP contribution in [0.15, 0.2) is 30.3 Å². The number of methoxy groups -OCH3 is 2. The Balaban J connectivity index is 2.30. The number of hydrogen-bond donors (Lipinski definition) is 2. The van der Waals surface area contributed by atoms with Gasteiger partial charge in [-0.1, -0.05) is 0 Å². The van der Waals surface area contributed by atoms with Crippen LogP contribution in [0.4, 0.5) is 17.2 Å². The van der Waals surface area contributed by atoms with Gasteiger partial charge in [0.1, 0.15) is 17.3 Å². The molecule has 2 rings (SSSR count). The number of rotatable bonds is 6. The van der Waals surface area contributed by atoms with Crippen molar-refractivity contribution in [3.8, 4) is 17.4 Å². The van der Waals surface area contributed by atoms with E-state index in [0.717, 1.165) is 11.4 Å². The van der Waals surface area contributed by atoms with Crippen LogP contribution in [-0.2, 0) is 0 Å². The average molecular weight is 289 g/mol. The van der Waals surface area contributed by atoms with Crippen molar-refractivity contribution in [2.75, 3.05) is 31.9 Å². The van der Waals surface area contributed by atoms with Crippen LogP contribution >= 0.6 is 0 Å². The van der Waals surface area contributed by atoms with Crippen LogP contribution in [0.25, 0.3) is 0 Å². The Bertz CT molecular complexity index is 617. The number of anilines is 3. The zero-order valence-corrected chi connectivity index (χ0v) is 12.3. The van der Waals surface area contributed by atoms with E-state index in [0.29, 0.717) is 29.7 Å². The Morgan fingerprint density at radius 1 is 1.14 bits per heavy atom. The van der Waals surface area contributed by atoms with Crippen LogP contribution in [0.3, 0.4) is 0 Å². The van der Waals surface area contributed by atoms with Gasteiger partial charge in [-0.3, -0.25) is 0 Å². The Hall–Kier alpha value is -2.63. The van der Waals surface area contributed by atoms with Crippen molar-refractivity contribution in [3.63, 3.8) is 0 Å². The lowest BCUT2D eigenvalue weighted by Crippen LogP contribution is -2.03. The molecule has 1 aromatic heterocycles. The molecule has 0 amide bonds. The predicted octanol–water partition coefficient (Wildman–Crippen LogP) is 2.82. The van der Waals surface area contributed by atoms with E-state index in [1.165, 1.54) is 0 Å². The van der Waals surface area contributed by atoms with Crippen molar-refractivity contribution in [1.82, 2.24) is 4.98 Å². The van der Waals surface area contributed by atoms with Gasteiger partial charge in [-0.25, -0.2) is 0 Å². The summed E-state index contributed by atoms with van der Waals surface area (Å²) in [7, 11) is 3.22. The second-order valence-corrected chi connectivity index (χ2v) is 4.22. The quantitative estimate of drug-likeness (QED) is 0.851. The first kappa shape index (κ1) is 14.8. The molecule has 6 heteroatoms. The molecule has 6 nitrogen and oxygen atoms in total. The summed E-state index contributed by atoms with van der Waals surface area (Å²) in [6.07, 6.45) is 0. The molecule has 0 spiro atoms. The van der Waals surface area contributed by atoms with E-state index in [2.05, 4.69) is 10.3 Å². The first-order chi connectivity index (χ1) is 10.2. The summed E-state index contributed by atoms with van der Waals surface area (Å²) in [6.45, 7) is 2.38. The van der Waals surface area contributed by atoms with E-state index in [-0.39, 0.29) is 0 Å². The first-order valence-electron chi connectivity index (χ1n) is 6.56. The minimum Gasteiger partial charge on any atom is -0.497 e. The molecule has 0 saturated carbocycles. The fourth-order valence-corrected chi connectivity index (χ4v) is 1.82. The number of pyridine rings is 1. The van der Waals surface area contributed by atoms with Crippen molar-refractivity contribution < 1.29 is 14.2 Å². The van der Waals surface area contributed by atoms with Crippen molar-refractivity contribution in [3.05, 3.63) is 30.3 Å². The van der Waals surface area contributed by atoms with Crippen LogP contribution in [0.5, 0.6) is 17.4 Å². The maximum atomic E-state index is 5.81. The molecule has 1 aromatic carbocycles. The first-order valence-corrected chi connectivity index (χ1v) is 6.56. The lowest BCUT2D eigenvalue weighted by atomic mass is 10.2. The number of nitrogens with one attached hydrogen (secondary N) is 1. The third-order valence-corrected chi connectivity index (χ3v) is 2.84. The molecular formula is C15H19N3O3. The molecule has 0 aliphatic carbocycles. The Kier molecular flexibility index (Phi) is 4.71. The normalized spacial score (nSPS) is 10.0. The van der Waals surface area contributed by atoms with Gasteiger partial charge in [0, 0.05) is 6.07 Å².